The van der Waals surface area contributed by atoms with Crippen LogP contribution in [-0.4, -0.2) is 13.3 Å². The van der Waals surface area contributed by atoms with Gasteiger partial charge in [-0.1, -0.05) is 0 Å². The molecule has 1 atom stereocenters. The van der Waals surface area contributed by atoms with E-state index in [9.17, 15) is 0 Å². The van der Waals surface area contributed by atoms with Crippen molar-refractivity contribution in [2.75, 3.05) is 0 Å². The molecule has 0 saturated carbocycles. The maximum atomic E-state index is 8.56. The Hall–Kier alpha value is 0.490. The minimum absolute atomic E-state index is 0. The van der Waals surface area contributed by atoms with E-state index in [-0.39, 0.29) is 29.6 Å². The van der Waals surface area contributed by atoms with Gasteiger partial charge in [-0.25, -0.2) is 4.21 Å². The van der Waals surface area contributed by atoms with Crippen molar-refractivity contribution in [2.45, 2.75) is 0 Å². The van der Waals surface area contributed by atoms with E-state index in [2.05, 4.69) is 0 Å². The standard InChI is InChI=1S/N2.Na.H2O3S/c1-2;;1-4(2)3/h;;(H2,1,2,3)/q;+1;/p-1. The van der Waals surface area contributed by atoms with Gasteiger partial charge in [0.25, 0.3) is 0 Å². The summed E-state index contributed by atoms with van der Waals surface area (Å²) in [4.78, 5) is 0. The fraction of sp³-hybridized carbons (Fsp3) is 0. The zero-order valence-corrected chi connectivity index (χ0v) is 6.38. The number of hydrogen-bond acceptors (Lipinski definition) is 4. The zero-order chi connectivity index (χ0) is 5.58. The van der Waals surface area contributed by atoms with Crippen LogP contribution in [0.3, 0.4) is 0 Å². The summed E-state index contributed by atoms with van der Waals surface area (Å²) < 4.78 is 24.1. The third-order valence-electron chi connectivity index (χ3n) is 0. The molecule has 7 heavy (non-hydrogen) atoms. The smallest absolute Gasteiger partial charge is 0.750 e. The van der Waals surface area contributed by atoms with Gasteiger partial charge in [-0.2, -0.15) is 0 Å². The molecule has 0 radical (unpaired) electrons. The van der Waals surface area contributed by atoms with Gasteiger partial charge in [-0.15, -0.1) is 0 Å². The Morgan fingerprint density at radius 3 is 1.57 bits per heavy atom. The molecule has 0 bridgehead atoms. The Balaban J connectivity index is -0.0000000480. The fourth-order valence-corrected chi connectivity index (χ4v) is 0. The third-order valence-corrected chi connectivity index (χ3v) is 0. The van der Waals surface area contributed by atoms with E-state index < -0.39 is 11.4 Å². The summed E-state index contributed by atoms with van der Waals surface area (Å²) >= 11 is -2.86. The van der Waals surface area contributed by atoms with Crippen molar-refractivity contribution in [2.24, 2.45) is 0 Å². The molecule has 0 aromatic rings. The van der Waals surface area contributed by atoms with Crippen LogP contribution in [0.4, 0.5) is 0 Å². The molecule has 0 aromatic heterocycles. The monoisotopic (exact) mass is 132 g/mol. The molecule has 5 nitrogen and oxygen atoms in total. The molecule has 0 spiro atoms. The first-order valence-electron chi connectivity index (χ1n) is 0.716. The van der Waals surface area contributed by atoms with Crippen LogP contribution in [0, 0.1) is 10.8 Å². The first-order valence-corrected chi connectivity index (χ1v) is 1.75. The largest absolute Gasteiger partial charge is 1.00 e. The third kappa shape index (κ3) is 545. The Kier molecular flexibility index (Phi) is 35.9. The van der Waals surface area contributed by atoms with Crippen molar-refractivity contribution in [1.82, 2.24) is 0 Å². The number of nitrogens with zero attached hydrogens (tertiary/aromatic N) is 2. The normalized spacial score (nSPS) is 9.14. The van der Waals surface area contributed by atoms with Crippen LogP contribution in [0.15, 0.2) is 0 Å². The van der Waals surface area contributed by atoms with E-state index in [4.69, 9.17) is 24.1 Å². The molecular weight excluding hydrogens is 131 g/mol. The van der Waals surface area contributed by atoms with E-state index in [1.165, 1.54) is 0 Å². The first kappa shape index (κ1) is 15.6. The van der Waals surface area contributed by atoms with Crippen LogP contribution in [0.2, 0.25) is 0 Å². The Morgan fingerprint density at radius 2 is 1.57 bits per heavy atom. The second kappa shape index (κ2) is 16.1. The fourth-order valence-electron chi connectivity index (χ4n) is 0. The van der Waals surface area contributed by atoms with E-state index in [1.54, 1.807) is 0 Å². The molecule has 0 aliphatic carbocycles. The van der Waals surface area contributed by atoms with Crippen molar-refractivity contribution in [3.63, 3.8) is 0 Å². The Bertz CT molecular complexity index is 57.2. The summed E-state index contributed by atoms with van der Waals surface area (Å²) in [5, 5.41) is 12.0. The molecule has 0 aromatic carbocycles. The maximum Gasteiger partial charge on any atom is 1.00 e. The van der Waals surface area contributed by atoms with Gasteiger partial charge in [-0.3, -0.25) is 0 Å². The average Bonchev–Trinajstić information content (AvgIpc) is 1.41. The molecule has 36 valence electrons. The molecule has 7 heteroatoms. The topological polar surface area (TPSA) is 108 Å². The van der Waals surface area contributed by atoms with Gasteiger partial charge < -0.3 is 9.11 Å². The first-order chi connectivity index (χ1) is 2.73. The number of hydrogen-bond donors (Lipinski definition) is 1. The van der Waals surface area contributed by atoms with Crippen molar-refractivity contribution >= 4 is 11.4 Å². The molecule has 0 aliphatic rings. The van der Waals surface area contributed by atoms with Gasteiger partial charge in [0.15, 0.2) is 0 Å². The van der Waals surface area contributed by atoms with Gasteiger partial charge in [-0.05, 0) is 0 Å². The second-order valence-corrected chi connectivity index (χ2v) is 0.651. The molecule has 0 fully saturated rings. The Morgan fingerprint density at radius 1 is 1.57 bits per heavy atom. The predicted octanol–water partition coefficient (Wildman–Crippen LogP) is -3.63. The summed E-state index contributed by atoms with van der Waals surface area (Å²) in [6, 6.07) is 0. The van der Waals surface area contributed by atoms with E-state index >= 15 is 0 Å². The minimum Gasteiger partial charge on any atom is -0.750 e. The summed E-state index contributed by atoms with van der Waals surface area (Å²) in [6.45, 7) is 0. The van der Waals surface area contributed by atoms with Crippen molar-refractivity contribution < 1.29 is 42.9 Å². The molecule has 0 amide bonds. The zero-order valence-electron chi connectivity index (χ0n) is 3.57. The van der Waals surface area contributed by atoms with Crippen LogP contribution in [0.5, 0.6) is 0 Å². The van der Waals surface area contributed by atoms with Gasteiger partial charge in [0.1, 0.15) is 0 Å². The molecular formula is HN2NaO3S. The summed E-state index contributed by atoms with van der Waals surface area (Å²) in [6.07, 6.45) is 0. The van der Waals surface area contributed by atoms with Crippen LogP contribution < -0.4 is 29.6 Å². The molecule has 0 aliphatic heterocycles. The summed E-state index contributed by atoms with van der Waals surface area (Å²) in [5.74, 6) is 0. The van der Waals surface area contributed by atoms with Crippen molar-refractivity contribution in [3.05, 3.63) is 0 Å². The molecule has 0 heterocycles. The van der Waals surface area contributed by atoms with Crippen LogP contribution in [0.1, 0.15) is 0 Å². The van der Waals surface area contributed by atoms with E-state index in [0.717, 1.165) is 0 Å². The molecule has 1 N–H and O–H groups in total. The van der Waals surface area contributed by atoms with Gasteiger partial charge in [0, 0.05) is 10.8 Å². The van der Waals surface area contributed by atoms with Crippen molar-refractivity contribution in [1.29, 1.82) is 10.8 Å². The molecule has 0 saturated heterocycles. The van der Waals surface area contributed by atoms with Gasteiger partial charge >= 0.3 is 29.6 Å². The second-order valence-electron chi connectivity index (χ2n) is 0.217. The van der Waals surface area contributed by atoms with Crippen LogP contribution in [-0.2, 0) is 11.4 Å². The van der Waals surface area contributed by atoms with Gasteiger partial charge in [0.05, 0.1) is 11.4 Å². The average molecular weight is 132 g/mol. The SMILES string of the molecule is N#N.O=S([O-])O.[Na+]. The minimum atomic E-state index is -2.86. The molecule has 0 rings (SSSR count). The van der Waals surface area contributed by atoms with Gasteiger partial charge in [0.2, 0.25) is 0 Å². The van der Waals surface area contributed by atoms with Crippen molar-refractivity contribution in [3.8, 4) is 0 Å². The van der Waals surface area contributed by atoms with Crippen LogP contribution in [0.25, 0.3) is 0 Å². The summed E-state index contributed by atoms with van der Waals surface area (Å²) in [7, 11) is 0. The maximum absolute atomic E-state index is 8.56. The predicted molar refractivity (Wildman–Crippen MR) is 15.0 cm³/mol. The van der Waals surface area contributed by atoms with E-state index in [1.807, 2.05) is 0 Å². The Labute approximate surface area is 64.9 Å². The molecule has 1 unspecified atom stereocenters. The number of rotatable bonds is 0. The van der Waals surface area contributed by atoms with Crippen LogP contribution >= 0.6 is 0 Å². The quantitative estimate of drug-likeness (QED) is 0.208. The summed E-state index contributed by atoms with van der Waals surface area (Å²) in [5.41, 5.74) is 0. The van der Waals surface area contributed by atoms with E-state index in [0.29, 0.717) is 0 Å².